The summed E-state index contributed by atoms with van der Waals surface area (Å²) in [5.41, 5.74) is 3.60. The molecular weight excluding hydrogens is 484 g/mol. The van der Waals surface area contributed by atoms with Gasteiger partial charge < -0.3 is 14.8 Å². The highest BCUT2D eigenvalue weighted by Gasteiger charge is 2.39. The molecule has 2 atom stereocenters. The Morgan fingerprint density at radius 1 is 0.947 bits per heavy atom. The van der Waals surface area contributed by atoms with Crippen LogP contribution in [-0.4, -0.2) is 52.5 Å². The Bertz CT molecular complexity index is 1110. The lowest BCUT2D eigenvalue weighted by molar-refractivity contribution is -0.199. The van der Waals surface area contributed by atoms with Crippen molar-refractivity contribution in [2.24, 2.45) is 11.8 Å². The van der Waals surface area contributed by atoms with Crippen LogP contribution < -0.4 is 5.32 Å². The molecule has 2 aromatic carbocycles. The molecule has 0 unspecified atom stereocenters. The van der Waals surface area contributed by atoms with Crippen LogP contribution in [0.2, 0.25) is 0 Å². The zero-order valence-electron chi connectivity index (χ0n) is 23.4. The summed E-state index contributed by atoms with van der Waals surface area (Å²) >= 11 is 0. The van der Waals surface area contributed by atoms with Crippen molar-refractivity contribution in [2.45, 2.75) is 78.5 Å². The SMILES string of the molecule is CC(C)C[C@H](NC(=O)OCC1c2ccccc2-c2ccccc21)C(=O)N(O)[C@H](C(=O)OC(C)(C)C)C(C)C. The quantitative estimate of drug-likeness (QED) is 0.254. The molecular formula is C30H40N2O6. The highest BCUT2D eigenvalue weighted by Crippen LogP contribution is 2.44. The van der Waals surface area contributed by atoms with E-state index in [1.807, 2.05) is 50.2 Å². The number of benzene rings is 2. The van der Waals surface area contributed by atoms with E-state index >= 15 is 0 Å². The maximum atomic E-state index is 13.3. The molecule has 38 heavy (non-hydrogen) atoms. The van der Waals surface area contributed by atoms with Crippen molar-refractivity contribution in [2.75, 3.05) is 6.61 Å². The number of alkyl carbamates (subject to hydrolysis) is 1. The van der Waals surface area contributed by atoms with Gasteiger partial charge in [0.1, 0.15) is 18.2 Å². The minimum absolute atomic E-state index is 0.0188. The molecule has 8 heteroatoms. The van der Waals surface area contributed by atoms with E-state index in [1.54, 1.807) is 34.6 Å². The summed E-state index contributed by atoms with van der Waals surface area (Å²) < 4.78 is 11.0. The van der Waals surface area contributed by atoms with Crippen molar-refractivity contribution in [3.8, 4) is 11.1 Å². The van der Waals surface area contributed by atoms with Crippen LogP contribution in [0, 0.1) is 11.8 Å². The van der Waals surface area contributed by atoms with Gasteiger partial charge in [-0.05, 0) is 61.3 Å². The molecule has 3 rings (SSSR count). The van der Waals surface area contributed by atoms with E-state index in [2.05, 4.69) is 17.4 Å². The van der Waals surface area contributed by atoms with Gasteiger partial charge in [-0.25, -0.2) is 14.7 Å². The average molecular weight is 525 g/mol. The maximum Gasteiger partial charge on any atom is 0.407 e. The Morgan fingerprint density at radius 3 is 1.95 bits per heavy atom. The first kappa shape index (κ1) is 29.2. The van der Waals surface area contributed by atoms with Gasteiger partial charge in [0.25, 0.3) is 5.91 Å². The number of rotatable bonds is 9. The molecule has 0 aromatic heterocycles. The number of nitrogens with one attached hydrogen (secondary N) is 1. The Labute approximate surface area is 225 Å². The molecule has 0 spiro atoms. The summed E-state index contributed by atoms with van der Waals surface area (Å²) in [4.78, 5) is 39.0. The maximum absolute atomic E-state index is 13.3. The minimum atomic E-state index is -1.22. The fraction of sp³-hybridized carbons (Fsp3) is 0.500. The molecule has 0 aliphatic heterocycles. The predicted octanol–water partition coefficient (Wildman–Crippen LogP) is 5.52. The second-order valence-electron chi connectivity index (χ2n) is 11.6. The van der Waals surface area contributed by atoms with Gasteiger partial charge in [-0.15, -0.1) is 0 Å². The number of fused-ring (bicyclic) bond motifs is 3. The van der Waals surface area contributed by atoms with E-state index in [-0.39, 0.29) is 24.9 Å². The average Bonchev–Trinajstić information content (AvgIpc) is 3.14. The van der Waals surface area contributed by atoms with E-state index in [1.165, 1.54) is 0 Å². The van der Waals surface area contributed by atoms with Crippen LogP contribution in [0.25, 0.3) is 11.1 Å². The fourth-order valence-electron chi connectivity index (χ4n) is 4.79. The van der Waals surface area contributed by atoms with Crippen LogP contribution in [0.1, 0.15) is 71.9 Å². The number of hydrogen-bond donors (Lipinski definition) is 2. The van der Waals surface area contributed by atoms with Crippen molar-refractivity contribution in [1.29, 1.82) is 0 Å². The van der Waals surface area contributed by atoms with Gasteiger partial charge >= 0.3 is 12.1 Å². The Morgan fingerprint density at radius 2 is 1.47 bits per heavy atom. The van der Waals surface area contributed by atoms with Crippen LogP contribution in [-0.2, 0) is 19.1 Å². The highest BCUT2D eigenvalue weighted by atomic mass is 16.6. The van der Waals surface area contributed by atoms with Gasteiger partial charge in [-0.1, -0.05) is 76.2 Å². The largest absolute Gasteiger partial charge is 0.458 e. The standard InChI is InChI=1S/C30H40N2O6/c1-18(2)16-25(27(33)32(36)26(19(3)4)28(34)38-30(5,6)7)31-29(35)37-17-24-22-14-10-8-12-20(22)21-13-9-11-15-23(21)24/h8-15,18-19,24-26,36H,16-17H2,1-7H3,(H,31,35)/t25-,26-/m0/s1. The molecule has 1 aliphatic carbocycles. The molecule has 1 aliphatic rings. The van der Waals surface area contributed by atoms with E-state index < -0.39 is 41.6 Å². The summed E-state index contributed by atoms with van der Waals surface area (Å²) in [6.07, 6.45) is -0.517. The molecule has 2 aromatic rings. The second-order valence-corrected chi connectivity index (χ2v) is 11.6. The number of nitrogens with zero attached hydrogens (tertiary/aromatic N) is 1. The third kappa shape index (κ3) is 6.92. The van der Waals surface area contributed by atoms with E-state index in [9.17, 15) is 19.6 Å². The van der Waals surface area contributed by atoms with Crippen molar-refractivity contribution >= 4 is 18.0 Å². The third-order valence-electron chi connectivity index (χ3n) is 6.41. The molecule has 0 saturated carbocycles. The van der Waals surface area contributed by atoms with E-state index in [0.717, 1.165) is 22.3 Å². The first-order valence-corrected chi connectivity index (χ1v) is 13.2. The molecule has 0 radical (unpaired) electrons. The van der Waals surface area contributed by atoms with Crippen molar-refractivity contribution in [1.82, 2.24) is 10.4 Å². The van der Waals surface area contributed by atoms with Gasteiger partial charge in [0.2, 0.25) is 0 Å². The Balaban J connectivity index is 1.72. The van der Waals surface area contributed by atoms with Gasteiger partial charge in [0.15, 0.2) is 6.04 Å². The van der Waals surface area contributed by atoms with Crippen LogP contribution in [0.4, 0.5) is 4.79 Å². The van der Waals surface area contributed by atoms with Crippen LogP contribution in [0.3, 0.4) is 0 Å². The lowest BCUT2D eigenvalue weighted by atomic mass is 9.98. The number of carbonyl (C=O) groups is 3. The Kier molecular flexibility index (Phi) is 9.20. The molecule has 206 valence electrons. The molecule has 0 bridgehead atoms. The molecule has 8 nitrogen and oxygen atoms in total. The van der Waals surface area contributed by atoms with E-state index in [4.69, 9.17) is 9.47 Å². The summed E-state index contributed by atoms with van der Waals surface area (Å²) in [6.45, 7) is 12.5. The minimum Gasteiger partial charge on any atom is -0.458 e. The molecule has 2 amide bonds. The first-order valence-electron chi connectivity index (χ1n) is 13.2. The number of esters is 1. The van der Waals surface area contributed by atoms with Gasteiger partial charge in [0.05, 0.1) is 0 Å². The van der Waals surface area contributed by atoms with Crippen LogP contribution in [0.5, 0.6) is 0 Å². The number of ether oxygens (including phenoxy) is 2. The summed E-state index contributed by atoms with van der Waals surface area (Å²) in [7, 11) is 0. The lowest BCUT2D eigenvalue weighted by Gasteiger charge is -2.32. The fourth-order valence-corrected chi connectivity index (χ4v) is 4.79. The molecule has 2 N–H and O–H groups in total. The predicted molar refractivity (Wildman–Crippen MR) is 145 cm³/mol. The van der Waals surface area contributed by atoms with Gasteiger partial charge in [0, 0.05) is 5.92 Å². The van der Waals surface area contributed by atoms with Crippen molar-refractivity contribution in [3.63, 3.8) is 0 Å². The third-order valence-corrected chi connectivity index (χ3v) is 6.41. The molecule has 0 saturated heterocycles. The molecule has 0 heterocycles. The topological polar surface area (TPSA) is 105 Å². The van der Waals surface area contributed by atoms with Crippen LogP contribution >= 0.6 is 0 Å². The number of carbonyl (C=O) groups excluding carboxylic acids is 3. The summed E-state index contributed by atoms with van der Waals surface area (Å²) in [5.74, 6) is -2.04. The summed E-state index contributed by atoms with van der Waals surface area (Å²) in [5, 5.41) is 13.8. The highest BCUT2D eigenvalue weighted by molar-refractivity contribution is 5.89. The van der Waals surface area contributed by atoms with Gasteiger partial charge in [-0.3, -0.25) is 10.0 Å². The van der Waals surface area contributed by atoms with Crippen molar-refractivity contribution < 1.29 is 29.1 Å². The first-order chi connectivity index (χ1) is 17.8. The number of hydroxylamine groups is 2. The number of amides is 2. The Hall–Kier alpha value is -3.39. The van der Waals surface area contributed by atoms with E-state index in [0.29, 0.717) is 5.06 Å². The monoisotopic (exact) mass is 524 g/mol. The second kappa shape index (κ2) is 12.0. The summed E-state index contributed by atoms with van der Waals surface area (Å²) in [6, 6.07) is 13.7. The van der Waals surface area contributed by atoms with Crippen LogP contribution in [0.15, 0.2) is 48.5 Å². The zero-order valence-corrected chi connectivity index (χ0v) is 23.4. The molecule has 0 fully saturated rings. The lowest BCUT2D eigenvalue weighted by Crippen LogP contribution is -2.55. The van der Waals surface area contributed by atoms with Crippen molar-refractivity contribution in [3.05, 3.63) is 59.7 Å². The zero-order chi connectivity index (χ0) is 28.2. The van der Waals surface area contributed by atoms with Gasteiger partial charge in [-0.2, -0.15) is 0 Å². The smallest absolute Gasteiger partial charge is 0.407 e. The normalized spacial score (nSPS) is 14.5. The number of hydrogen-bond acceptors (Lipinski definition) is 6.